The molecule has 0 radical (unpaired) electrons. The third-order valence-electron chi connectivity index (χ3n) is 2.89. The molecule has 0 spiro atoms. The standard InChI is InChI=1S/C16H17FN2O2/c17-14-6-13(7-15(20)8-14)9-18-11-16(21)19-10-12-4-2-1-3-5-12/h1-8,18,20H,9-11H2,(H,19,21). The van der Waals surface area contributed by atoms with Crippen molar-refractivity contribution >= 4 is 5.91 Å². The van der Waals surface area contributed by atoms with E-state index in [1.165, 1.54) is 12.1 Å². The van der Waals surface area contributed by atoms with Crippen LogP contribution in [0.2, 0.25) is 0 Å². The SMILES string of the molecule is O=C(CNCc1cc(O)cc(F)c1)NCc1ccccc1. The molecular formula is C16H17FN2O2. The summed E-state index contributed by atoms with van der Waals surface area (Å²) in [6.45, 7) is 0.913. The van der Waals surface area contributed by atoms with Gasteiger partial charge < -0.3 is 15.7 Å². The highest BCUT2D eigenvalue weighted by atomic mass is 19.1. The van der Waals surface area contributed by atoms with E-state index < -0.39 is 5.82 Å². The molecule has 2 rings (SSSR count). The summed E-state index contributed by atoms with van der Waals surface area (Å²) in [4.78, 5) is 11.6. The molecule has 0 aliphatic rings. The average Bonchev–Trinajstić information content (AvgIpc) is 2.45. The molecule has 0 aliphatic carbocycles. The zero-order valence-corrected chi connectivity index (χ0v) is 11.5. The first-order valence-electron chi connectivity index (χ1n) is 6.63. The van der Waals surface area contributed by atoms with Crippen LogP contribution in [0.25, 0.3) is 0 Å². The van der Waals surface area contributed by atoms with Crippen LogP contribution in [-0.4, -0.2) is 17.6 Å². The van der Waals surface area contributed by atoms with Gasteiger partial charge in [-0.15, -0.1) is 0 Å². The topological polar surface area (TPSA) is 61.4 Å². The number of carbonyl (C=O) groups is 1. The molecular weight excluding hydrogens is 271 g/mol. The average molecular weight is 288 g/mol. The van der Waals surface area contributed by atoms with Gasteiger partial charge in [0.25, 0.3) is 0 Å². The monoisotopic (exact) mass is 288 g/mol. The minimum absolute atomic E-state index is 0.125. The molecule has 5 heteroatoms. The van der Waals surface area contributed by atoms with Crippen molar-refractivity contribution in [1.29, 1.82) is 0 Å². The quantitative estimate of drug-likeness (QED) is 0.761. The summed E-state index contributed by atoms with van der Waals surface area (Å²) >= 11 is 0. The summed E-state index contributed by atoms with van der Waals surface area (Å²) in [5, 5.41) is 15.0. The van der Waals surface area contributed by atoms with Crippen molar-refractivity contribution < 1.29 is 14.3 Å². The van der Waals surface area contributed by atoms with E-state index in [0.717, 1.165) is 11.6 Å². The summed E-state index contributed by atoms with van der Waals surface area (Å²) in [5.74, 6) is -0.764. The van der Waals surface area contributed by atoms with Gasteiger partial charge in [0.05, 0.1) is 6.54 Å². The Bertz CT molecular complexity index is 582. The minimum atomic E-state index is -0.500. The lowest BCUT2D eigenvalue weighted by molar-refractivity contribution is -0.120. The molecule has 110 valence electrons. The molecule has 0 atom stereocenters. The predicted octanol–water partition coefficient (Wildman–Crippen LogP) is 1.94. The van der Waals surface area contributed by atoms with Crippen LogP contribution >= 0.6 is 0 Å². The molecule has 0 saturated carbocycles. The first kappa shape index (κ1) is 15.0. The van der Waals surface area contributed by atoms with Gasteiger partial charge in [0, 0.05) is 19.2 Å². The van der Waals surface area contributed by atoms with Gasteiger partial charge in [-0.2, -0.15) is 0 Å². The van der Waals surface area contributed by atoms with E-state index >= 15 is 0 Å². The summed E-state index contributed by atoms with van der Waals surface area (Å²) in [5.41, 5.74) is 1.62. The van der Waals surface area contributed by atoms with Crippen molar-refractivity contribution in [3.8, 4) is 5.75 Å². The smallest absolute Gasteiger partial charge is 0.234 e. The number of hydrogen-bond acceptors (Lipinski definition) is 3. The van der Waals surface area contributed by atoms with Crippen molar-refractivity contribution in [3.63, 3.8) is 0 Å². The number of rotatable bonds is 6. The van der Waals surface area contributed by atoms with Crippen molar-refractivity contribution in [2.75, 3.05) is 6.54 Å². The lowest BCUT2D eigenvalue weighted by Gasteiger charge is -2.07. The Hall–Kier alpha value is -2.40. The zero-order chi connectivity index (χ0) is 15.1. The largest absolute Gasteiger partial charge is 0.508 e. The molecule has 4 nitrogen and oxygen atoms in total. The number of phenolic OH excluding ortho intramolecular Hbond substituents is 1. The Kier molecular flexibility index (Phi) is 5.29. The van der Waals surface area contributed by atoms with E-state index in [4.69, 9.17) is 0 Å². The van der Waals surface area contributed by atoms with Crippen molar-refractivity contribution in [2.24, 2.45) is 0 Å². The Balaban J connectivity index is 1.72. The van der Waals surface area contributed by atoms with Crippen molar-refractivity contribution in [1.82, 2.24) is 10.6 Å². The minimum Gasteiger partial charge on any atom is -0.508 e. The van der Waals surface area contributed by atoms with E-state index in [0.29, 0.717) is 18.7 Å². The summed E-state index contributed by atoms with van der Waals surface area (Å²) in [6, 6.07) is 13.4. The molecule has 2 aromatic carbocycles. The fourth-order valence-corrected chi connectivity index (χ4v) is 1.91. The van der Waals surface area contributed by atoms with Crippen LogP contribution in [0, 0.1) is 5.82 Å². The maximum atomic E-state index is 13.1. The van der Waals surface area contributed by atoms with Gasteiger partial charge in [-0.1, -0.05) is 30.3 Å². The number of amides is 1. The van der Waals surface area contributed by atoms with Crippen LogP contribution in [0.1, 0.15) is 11.1 Å². The molecule has 0 aromatic heterocycles. The van der Waals surface area contributed by atoms with E-state index in [2.05, 4.69) is 10.6 Å². The lowest BCUT2D eigenvalue weighted by atomic mass is 10.2. The predicted molar refractivity (Wildman–Crippen MR) is 78.1 cm³/mol. The number of nitrogens with one attached hydrogen (secondary N) is 2. The van der Waals surface area contributed by atoms with Crippen molar-refractivity contribution in [3.05, 3.63) is 65.5 Å². The zero-order valence-electron chi connectivity index (χ0n) is 11.5. The van der Waals surface area contributed by atoms with Crippen molar-refractivity contribution in [2.45, 2.75) is 13.1 Å². The second kappa shape index (κ2) is 7.40. The van der Waals surface area contributed by atoms with E-state index in [-0.39, 0.29) is 18.2 Å². The number of halogens is 1. The Labute approximate surface area is 122 Å². The van der Waals surface area contributed by atoms with Crippen LogP contribution in [0.4, 0.5) is 4.39 Å². The molecule has 0 aliphatic heterocycles. The number of phenols is 1. The van der Waals surface area contributed by atoms with E-state index in [9.17, 15) is 14.3 Å². The number of aromatic hydroxyl groups is 1. The molecule has 0 unspecified atom stereocenters. The second-order valence-electron chi connectivity index (χ2n) is 4.68. The third-order valence-corrected chi connectivity index (χ3v) is 2.89. The molecule has 0 heterocycles. The van der Waals surface area contributed by atoms with Crippen LogP contribution in [-0.2, 0) is 17.9 Å². The van der Waals surface area contributed by atoms with Crippen LogP contribution in [0.5, 0.6) is 5.75 Å². The fourth-order valence-electron chi connectivity index (χ4n) is 1.91. The molecule has 0 saturated heterocycles. The third kappa shape index (κ3) is 5.24. The fraction of sp³-hybridized carbons (Fsp3) is 0.188. The Morgan fingerprint density at radius 1 is 1.05 bits per heavy atom. The first-order valence-corrected chi connectivity index (χ1v) is 6.63. The van der Waals surface area contributed by atoms with Gasteiger partial charge in [0.2, 0.25) is 5.91 Å². The normalized spacial score (nSPS) is 10.3. The molecule has 21 heavy (non-hydrogen) atoms. The number of benzene rings is 2. The van der Waals surface area contributed by atoms with Crippen LogP contribution in [0.15, 0.2) is 48.5 Å². The number of hydrogen-bond donors (Lipinski definition) is 3. The summed E-state index contributed by atoms with van der Waals surface area (Å²) in [7, 11) is 0. The van der Waals surface area contributed by atoms with Crippen LogP contribution in [0.3, 0.4) is 0 Å². The highest BCUT2D eigenvalue weighted by Crippen LogP contribution is 2.14. The van der Waals surface area contributed by atoms with E-state index in [1.807, 2.05) is 30.3 Å². The van der Waals surface area contributed by atoms with E-state index in [1.54, 1.807) is 0 Å². The van der Waals surface area contributed by atoms with Gasteiger partial charge in [0.1, 0.15) is 11.6 Å². The maximum absolute atomic E-state index is 13.1. The molecule has 3 N–H and O–H groups in total. The molecule has 0 bridgehead atoms. The Morgan fingerprint density at radius 2 is 1.81 bits per heavy atom. The maximum Gasteiger partial charge on any atom is 0.234 e. The van der Waals surface area contributed by atoms with Gasteiger partial charge in [0.15, 0.2) is 0 Å². The second-order valence-corrected chi connectivity index (χ2v) is 4.68. The first-order chi connectivity index (χ1) is 10.1. The lowest BCUT2D eigenvalue weighted by Crippen LogP contribution is -2.33. The molecule has 0 fully saturated rings. The van der Waals surface area contributed by atoms with Gasteiger partial charge in [-0.25, -0.2) is 4.39 Å². The summed E-state index contributed by atoms with van der Waals surface area (Å²) in [6.07, 6.45) is 0. The highest BCUT2D eigenvalue weighted by Gasteiger charge is 2.03. The molecule has 2 aromatic rings. The van der Waals surface area contributed by atoms with Crippen LogP contribution < -0.4 is 10.6 Å². The van der Waals surface area contributed by atoms with Gasteiger partial charge in [-0.3, -0.25) is 4.79 Å². The number of carbonyl (C=O) groups excluding carboxylic acids is 1. The van der Waals surface area contributed by atoms with Gasteiger partial charge >= 0.3 is 0 Å². The van der Waals surface area contributed by atoms with Gasteiger partial charge in [-0.05, 0) is 23.3 Å². The highest BCUT2D eigenvalue weighted by molar-refractivity contribution is 5.77. The molecule has 1 amide bonds. The Morgan fingerprint density at radius 3 is 2.52 bits per heavy atom. The summed E-state index contributed by atoms with van der Waals surface area (Å²) < 4.78 is 13.1.